The van der Waals surface area contributed by atoms with Gasteiger partial charge in [0.05, 0.1) is 22.5 Å². The molecule has 0 spiro atoms. The van der Waals surface area contributed by atoms with E-state index < -0.39 is 11.7 Å². The number of carbonyl (C=O) groups excluding carboxylic acids is 1. The summed E-state index contributed by atoms with van der Waals surface area (Å²) in [6, 6.07) is 8.53. The highest BCUT2D eigenvalue weighted by Gasteiger charge is 2.32. The standard InChI is InChI=1S/C22H19F3N4O/c23-22(24,25)18-7-1-4-15(12-18)19-20(28-10-9-27-19)17-6-3-11-29(14-17)21(30)16-5-2-8-26-13-16/h1-2,4-5,7-10,12-13,17H,3,6,11,14H2/t17-/m0/s1. The molecule has 1 atom stereocenters. The van der Waals surface area contributed by atoms with Crippen molar-refractivity contribution in [1.29, 1.82) is 0 Å². The Morgan fingerprint density at radius 2 is 1.90 bits per heavy atom. The van der Waals surface area contributed by atoms with Gasteiger partial charge in [-0.2, -0.15) is 13.2 Å². The van der Waals surface area contributed by atoms with Crippen molar-refractivity contribution in [3.05, 3.63) is 78.0 Å². The summed E-state index contributed by atoms with van der Waals surface area (Å²) < 4.78 is 39.5. The van der Waals surface area contributed by atoms with Gasteiger partial charge >= 0.3 is 6.18 Å². The number of hydrogen-bond acceptors (Lipinski definition) is 4. The first-order valence-corrected chi connectivity index (χ1v) is 9.61. The minimum absolute atomic E-state index is 0.113. The van der Waals surface area contributed by atoms with Gasteiger partial charge in [0.1, 0.15) is 0 Å². The molecule has 0 radical (unpaired) electrons. The number of pyridine rings is 1. The predicted molar refractivity (Wildman–Crippen MR) is 105 cm³/mol. The molecule has 1 aromatic carbocycles. The Bertz CT molecular complexity index is 1040. The molecule has 0 bridgehead atoms. The average molecular weight is 412 g/mol. The summed E-state index contributed by atoms with van der Waals surface area (Å²) in [6.45, 7) is 1.04. The zero-order chi connectivity index (χ0) is 21.1. The second-order valence-corrected chi connectivity index (χ2v) is 7.20. The second-order valence-electron chi connectivity index (χ2n) is 7.20. The van der Waals surface area contributed by atoms with Crippen LogP contribution in [-0.4, -0.2) is 38.8 Å². The lowest BCUT2D eigenvalue weighted by Crippen LogP contribution is -2.39. The van der Waals surface area contributed by atoms with Crippen LogP contribution in [0.3, 0.4) is 0 Å². The van der Waals surface area contributed by atoms with Crippen LogP contribution < -0.4 is 0 Å². The molecule has 3 aromatic rings. The third-order valence-corrected chi connectivity index (χ3v) is 5.19. The fourth-order valence-electron chi connectivity index (χ4n) is 3.77. The fourth-order valence-corrected chi connectivity index (χ4v) is 3.77. The highest BCUT2D eigenvalue weighted by Crippen LogP contribution is 2.35. The Balaban J connectivity index is 1.63. The number of piperidine rings is 1. The third-order valence-electron chi connectivity index (χ3n) is 5.19. The zero-order valence-electron chi connectivity index (χ0n) is 16.0. The van der Waals surface area contributed by atoms with Crippen LogP contribution in [0.5, 0.6) is 0 Å². The van der Waals surface area contributed by atoms with Gasteiger partial charge in [-0.15, -0.1) is 0 Å². The lowest BCUT2D eigenvalue weighted by Gasteiger charge is -2.33. The Kier molecular flexibility index (Phi) is 5.48. The van der Waals surface area contributed by atoms with E-state index in [1.807, 2.05) is 0 Å². The minimum Gasteiger partial charge on any atom is -0.338 e. The molecule has 0 unspecified atom stereocenters. The van der Waals surface area contributed by atoms with Crippen molar-refractivity contribution in [2.45, 2.75) is 24.9 Å². The Morgan fingerprint density at radius 3 is 2.67 bits per heavy atom. The Labute approximate surface area is 171 Å². The van der Waals surface area contributed by atoms with Gasteiger partial charge in [0, 0.05) is 49.4 Å². The summed E-state index contributed by atoms with van der Waals surface area (Å²) in [5.74, 6) is -0.227. The molecular weight excluding hydrogens is 393 g/mol. The number of likely N-dealkylation sites (tertiary alicyclic amines) is 1. The first-order valence-electron chi connectivity index (χ1n) is 9.61. The summed E-state index contributed by atoms with van der Waals surface area (Å²) in [5, 5.41) is 0. The van der Waals surface area contributed by atoms with E-state index in [0.29, 0.717) is 35.6 Å². The van der Waals surface area contributed by atoms with Crippen LogP contribution in [0.4, 0.5) is 13.2 Å². The number of carbonyl (C=O) groups is 1. The molecule has 8 heteroatoms. The first-order chi connectivity index (χ1) is 14.4. The normalized spacial score (nSPS) is 17.0. The largest absolute Gasteiger partial charge is 0.416 e. The summed E-state index contributed by atoms with van der Waals surface area (Å²) in [7, 11) is 0. The van der Waals surface area contributed by atoms with Crippen molar-refractivity contribution in [3.8, 4) is 11.3 Å². The first kappa shape index (κ1) is 20.0. The van der Waals surface area contributed by atoms with E-state index in [-0.39, 0.29) is 11.8 Å². The maximum Gasteiger partial charge on any atom is 0.416 e. The minimum atomic E-state index is -4.43. The number of rotatable bonds is 3. The van der Waals surface area contributed by atoms with Gasteiger partial charge in [-0.1, -0.05) is 12.1 Å². The molecule has 30 heavy (non-hydrogen) atoms. The number of aromatic nitrogens is 3. The highest BCUT2D eigenvalue weighted by atomic mass is 19.4. The Hall–Kier alpha value is -3.29. The smallest absolute Gasteiger partial charge is 0.338 e. The van der Waals surface area contributed by atoms with Crippen molar-refractivity contribution in [2.24, 2.45) is 0 Å². The predicted octanol–water partition coefficient (Wildman–Crippen LogP) is 4.58. The SMILES string of the molecule is O=C(c1cccnc1)N1CCC[C@H](c2nccnc2-c2cccc(C(F)(F)F)c2)C1. The van der Waals surface area contributed by atoms with E-state index in [2.05, 4.69) is 15.0 Å². The van der Waals surface area contributed by atoms with E-state index in [9.17, 15) is 18.0 Å². The molecule has 0 saturated carbocycles. The molecule has 0 aliphatic carbocycles. The van der Waals surface area contributed by atoms with Crippen LogP contribution in [0, 0.1) is 0 Å². The van der Waals surface area contributed by atoms with Gasteiger partial charge in [-0.3, -0.25) is 19.7 Å². The molecule has 5 nitrogen and oxygen atoms in total. The second kappa shape index (κ2) is 8.22. The molecule has 4 rings (SSSR count). The van der Waals surface area contributed by atoms with Crippen LogP contribution in [0.15, 0.2) is 61.2 Å². The van der Waals surface area contributed by atoms with E-state index in [4.69, 9.17) is 0 Å². The number of amides is 1. The van der Waals surface area contributed by atoms with E-state index >= 15 is 0 Å². The number of halogens is 3. The molecule has 2 aromatic heterocycles. The van der Waals surface area contributed by atoms with Gasteiger partial charge < -0.3 is 4.90 Å². The van der Waals surface area contributed by atoms with Crippen molar-refractivity contribution < 1.29 is 18.0 Å². The van der Waals surface area contributed by atoms with Gasteiger partial charge in [0.15, 0.2) is 0 Å². The van der Waals surface area contributed by atoms with Crippen LogP contribution in [0.2, 0.25) is 0 Å². The average Bonchev–Trinajstić information content (AvgIpc) is 2.79. The third kappa shape index (κ3) is 4.17. The number of nitrogens with zero attached hydrogens (tertiary/aromatic N) is 4. The molecule has 0 N–H and O–H groups in total. The highest BCUT2D eigenvalue weighted by molar-refractivity contribution is 5.94. The van der Waals surface area contributed by atoms with E-state index in [1.54, 1.807) is 29.3 Å². The molecule has 1 amide bonds. The number of alkyl halides is 3. The quantitative estimate of drug-likeness (QED) is 0.632. The van der Waals surface area contributed by atoms with Crippen molar-refractivity contribution >= 4 is 5.91 Å². The number of benzene rings is 1. The van der Waals surface area contributed by atoms with Gasteiger partial charge in [-0.05, 0) is 37.1 Å². The summed E-state index contributed by atoms with van der Waals surface area (Å²) in [4.78, 5) is 27.3. The monoisotopic (exact) mass is 412 g/mol. The van der Waals surface area contributed by atoms with Crippen LogP contribution in [0.25, 0.3) is 11.3 Å². The summed E-state index contributed by atoms with van der Waals surface area (Å²) in [6.07, 6.45) is 3.26. The lowest BCUT2D eigenvalue weighted by molar-refractivity contribution is -0.137. The maximum atomic E-state index is 13.2. The van der Waals surface area contributed by atoms with Crippen molar-refractivity contribution in [3.63, 3.8) is 0 Å². The van der Waals surface area contributed by atoms with Gasteiger partial charge in [0.25, 0.3) is 5.91 Å². The van der Waals surface area contributed by atoms with E-state index in [1.165, 1.54) is 24.7 Å². The van der Waals surface area contributed by atoms with Crippen LogP contribution in [0.1, 0.15) is 40.4 Å². The van der Waals surface area contributed by atoms with Crippen molar-refractivity contribution in [1.82, 2.24) is 19.9 Å². The topological polar surface area (TPSA) is 59.0 Å². The van der Waals surface area contributed by atoms with E-state index in [0.717, 1.165) is 25.0 Å². The molecule has 1 aliphatic heterocycles. The molecular formula is C22H19F3N4O. The Morgan fingerprint density at radius 1 is 1.07 bits per heavy atom. The maximum absolute atomic E-state index is 13.2. The molecule has 3 heterocycles. The molecule has 154 valence electrons. The van der Waals surface area contributed by atoms with Crippen LogP contribution in [-0.2, 0) is 6.18 Å². The zero-order valence-corrected chi connectivity index (χ0v) is 16.0. The fraction of sp³-hybridized carbons (Fsp3) is 0.273. The van der Waals surface area contributed by atoms with Crippen LogP contribution >= 0.6 is 0 Å². The summed E-state index contributed by atoms with van der Waals surface area (Å²) in [5.41, 5.74) is 1.18. The van der Waals surface area contributed by atoms with Gasteiger partial charge in [-0.25, -0.2) is 0 Å². The lowest BCUT2D eigenvalue weighted by atomic mass is 9.91. The van der Waals surface area contributed by atoms with Gasteiger partial charge in [0.2, 0.25) is 0 Å². The molecule has 1 saturated heterocycles. The molecule has 1 aliphatic rings. The van der Waals surface area contributed by atoms with Crippen molar-refractivity contribution in [2.75, 3.05) is 13.1 Å². The number of hydrogen-bond donors (Lipinski definition) is 0. The molecule has 1 fully saturated rings. The summed E-state index contributed by atoms with van der Waals surface area (Å²) >= 11 is 0.